The second-order valence-corrected chi connectivity index (χ2v) is 5.11. The van der Waals surface area contributed by atoms with E-state index in [0.717, 1.165) is 32.0 Å². The van der Waals surface area contributed by atoms with Crippen molar-refractivity contribution in [3.8, 4) is 0 Å². The molecule has 6 heteroatoms. The normalized spacial score (nSPS) is 14.6. The van der Waals surface area contributed by atoms with Gasteiger partial charge in [-0.05, 0) is 37.1 Å². The van der Waals surface area contributed by atoms with Crippen LogP contribution in [0, 0.1) is 0 Å². The Hall–Kier alpha value is -2.11. The van der Waals surface area contributed by atoms with Crippen molar-refractivity contribution >= 4 is 22.9 Å². The molecular weight excluding hydrogens is 305 g/mol. The van der Waals surface area contributed by atoms with E-state index in [1.165, 1.54) is 12.1 Å². The Morgan fingerprint density at radius 1 is 1.13 bits per heavy atom. The number of aromatic nitrogens is 1. The predicted octanol–water partition coefficient (Wildman–Crippen LogP) is 4.69. The van der Waals surface area contributed by atoms with Gasteiger partial charge in [0.25, 0.3) is 0 Å². The molecule has 0 unspecified atom stereocenters. The van der Waals surface area contributed by atoms with Gasteiger partial charge in [0, 0.05) is 29.7 Å². The summed E-state index contributed by atoms with van der Waals surface area (Å²) >= 11 is 0. The van der Waals surface area contributed by atoms with Crippen LogP contribution in [0.25, 0.3) is 10.9 Å². The molecule has 0 bridgehead atoms. The number of alkyl halides is 3. The number of fused-ring (bicyclic) bond motifs is 1. The summed E-state index contributed by atoms with van der Waals surface area (Å²) in [4.78, 5) is 16.5. The monoisotopic (exact) mass is 324 g/mol. The Morgan fingerprint density at radius 3 is 2.35 bits per heavy atom. The van der Waals surface area contributed by atoms with Crippen molar-refractivity contribution in [1.29, 1.82) is 0 Å². The molecule has 1 aliphatic heterocycles. The van der Waals surface area contributed by atoms with Crippen molar-refractivity contribution in [2.75, 3.05) is 18.0 Å². The Balaban J connectivity index is 0.000000924. The summed E-state index contributed by atoms with van der Waals surface area (Å²) in [6, 6.07) is 5.63. The molecule has 0 aliphatic carbocycles. The van der Waals surface area contributed by atoms with Gasteiger partial charge in [0.15, 0.2) is 0 Å². The fourth-order valence-electron chi connectivity index (χ4n) is 2.66. The molecule has 124 valence electrons. The third-order valence-corrected chi connectivity index (χ3v) is 3.68. The topological polar surface area (TPSA) is 33.2 Å². The molecule has 2 aromatic rings. The van der Waals surface area contributed by atoms with Crippen LogP contribution in [0.2, 0.25) is 0 Å². The lowest BCUT2D eigenvalue weighted by Gasteiger charge is -2.21. The highest BCUT2D eigenvalue weighted by molar-refractivity contribution is 5.95. The van der Waals surface area contributed by atoms with Crippen molar-refractivity contribution in [1.82, 2.24) is 4.98 Å². The van der Waals surface area contributed by atoms with E-state index in [1.807, 2.05) is 18.7 Å². The molecular formula is C17H19F3N2O. The molecule has 23 heavy (non-hydrogen) atoms. The number of hydrogen-bond acceptors (Lipinski definition) is 3. The van der Waals surface area contributed by atoms with Gasteiger partial charge in [-0.15, -0.1) is 0 Å². The van der Waals surface area contributed by atoms with Gasteiger partial charge in [0.2, 0.25) is 0 Å². The quantitative estimate of drug-likeness (QED) is 0.751. The molecule has 1 fully saturated rings. The van der Waals surface area contributed by atoms with Crippen LogP contribution in [-0.4, -0.2) is 24.4 Å². The fourth-order valence-corrected chi connectivity index (χ4v) is 2.66. The maximum absolute atomic E-state index is 13.0. The molecule has 3 rings (SSSR count). The van der Waals surface area contributed by atoms with Gasteiger partial charge in [-0.1, -0.05) is 13.8 Å². The second-order valence-electron chi connectivity index (χ2n) is 5.11. The largest absolute Gasteiger partial charge is 0.433 e. The maximum Gasteiger partial charge on any atom is 0.433 e. The Morgan fingerprint density at radius 2 is 1.78 bits per heavy atom. The summed E-state index contributed by atoms with van der Waals surface area (Å²) in [6.07, 6.45) is -1.88. The molecule has 2 heterocycles. The molecule has 1 aromatic heterocycles. The first-order valence-corrected chi connectivity index (χ1v) is 7.71. The van der Waals surface area contributed by atoms with Gasteiger partial charge in [-0.2, -0.15) is 13.2 Å². The zero-order chi connectivity index (χ0) is 17.0. The number of nitrogens with zero attached hydrogens (tertiary/aromatic N) is 2. The Bertz CT molecular complexity index is 692. The van der Waals surface area contributed by atoms with Crippen LogP contribution in [0.3, 0.4) is 0 Å². The number of hydrogen-bond donors (Lipinski definition) is 0. The number of benzene rings is 1. The molecule has 1 aromatic carbocycles. The molecule has 3 nitrogen and oxygen atoms in total. The van der Waals surface area contributed by atoms with E-state index in [9.17, 15) is 18.0 Å². The Labute approximate surface area is 133 Å². The van der Waals surface area contributed by atoms with Crippen LogP contribution in [0.4, 0.5) is 18.9 Å². The van der Waals surface area contributed by atoms with E-state index < -0.39 is 11.9 Å². The number of carbonyl (C=O) groups is 1. The van der Waals surface area contributed by atoms with Crippen LogP contribution in [0.15, 0.2) is 24.3 Å². The molecule has 0 N–H and O–H groups in total. The van der Waals surface area contributed by atoms with Gasteiger partial charge in [0.1, 0.15) is 12.0 Å². The fraction of sp³-hybridized carbons (Fsp3) is 0.412. The highest BCUT2D eigenvalue weighted by Crippen LogP contribution is 2.36. The van der Waals surface area contributed by atoms with Gasteiger partial charge in [-0.3, -0.25) is 4.79 Å². The summed E-state index contributed by atoms with van der Waals surface area (Å²) < 4.78 is 39.0. The van der Waals surface area contributed by atoms with E-state index in [2.05, 4.69) is 4.98 Å². The highest BCUT2D eigenvalue weighted by atomic mass is 19.4. The van der Waals surface area contributed by atoms with E-state index in [-0.39, 0.29) is 5.52 Å². The highest BCUT2D eigenvalue weighted by Gasteiger charge is 2.34. The Kier molecular flexibility index (Phi) is 5.23. The van der Waals surface area contributed by atoms with Crippen LogP contribution >= 0.6 is 0 Å². The zero-order valence-corrected chi connectivity index (χ0v) is 13.2. The summed E-state index contributed by atoms with van der Waals surface area (Å²) in [5.74, 6) is 0. The molecule has 1 aliphatic rings. The zero-order valence-electron chi connectivity index (χ0n) is 13.2. The smallest absolute Gasteiger partial charge is 0.371 e. The minimum atomic E-state index is -4.48. The van der Waals surface area contributed by atoms with Gasteiger partial charge >= 0.3 is 6.18 Å². The third kappa shape index (κ3) is 3.63. The summed E-state index contributed by atoms with van der Waals surface area (Å²) in [5.41, 5.74) is 0.311. The number of halogens is 3. The van der Waals surface area contributed by atoms with Gasteiger partial charge in [0.05, 0.1) is 5.52 Å². The molecule has 1 saturated heterocycles. The number of carbonyl (C=O) groups excluding carboxylic acids is 1. The first-order valence-electron chi connectivity index (χ1n) is 7.71. The second kappa shape index (κ2) is 6.98. The number of anilines is 1. The minimum absolute atomic E-state index is 0.261. The van der Waals surface area contributed by atoms with Crippen molar-refractivity contribution in [2.45, 2.75) is 32.9 Å². The number of pyridine rings is 1. The van der Waals surface area contributed by atoms with E-state index in [1.54, 1.807) is 6.07 Å². The third-order valence-electron chi connectivity index (χ3n) is 3.68. The van der Waals surface area contributed by atoms with Crippen LogP contribution < -0.4 is 4.90 Å². The summed E-state index contributed by atoms with van der Waals surface area (Å²) in [7, 11) is 0. The van der Waals surface area contributed by atoms with Crippen molar-refractivity contribution in [3.05, 3.63) is 35.5 Å². The molecule has 0 spiro atoms. The lowest BCUT2D eigenvalue weighted by Crippen LogP contribution is -2.19. The summed E-state index contributed by atoms with van der Waals surface area (Å²) in [6.45, 7) is 5.45. The van der Waals surface area contributed by atoms with Gasteiger partial charge in [-0.25, -0.2) is 4.98 Å². The lowest BCUT2D eigenvalue weighted by atomic mass is 10.1. The first kappa shape index (κ1) is 17.2. The minimum Gasteiger partial charge on any atom is -0.371 e. The molecule has 0 saturated carbocycles. The molecule has 0 amide bonds. The maximum atomic E-state index is 13.0. The van der Waals surface area contributed by atoms with E-state index >= 15 is 0 Å². The van der Waals surface area contributed by atoms with Crippen LogP contribution in [0.1, 0.15) is 42.7 Å². The average Bonchev–Trinajstić information content (AvgIpc) is 3.08. The average molecular weight is 324 g/mol. The molecule has 0 radical (unpaired) electrons. The number of rotatable bonds is 2. The summed E-state index contributed by atoms with van der Waals surface area (Å²) in [5, 5.41) is 0.592. The van der Waals surface area contributed by atoms with Crippen molar-refractivity contribution in [2.24, 2.45) is 0 Å². The standard InChI is InChI=1S/C15H13F3N2O.C2H6/c16-15(17,18)14-8-13(20-5-1-2-6-20)11-7-10(9-21)3-4-12(11)19-14;1-2/h3-4,7-9H,1-2,5-6H2;1-2H3. The van der Waals surface area contributed by atoms with Gasteiger partial charge < -0.3 is 4.90 Å². The van der Waals surface area contributed by atoms with E-state index in [0.29, 0.717) is 22.9 Å². The van der Waals surface area contributed by atoms with Crippen LogP contribution in [-0.2, 0) is 6.18 Å². The first-order chi connectivity index (χ1) is 11.0. The van der Waals surface area contributed by atoms with Crippen molar-refractivity contribution in [3.63, 3.8) is 0 Å². The van der Waals surface area contributed by atoms with Crippen LogP contribution in [0.5, 0.6) is 0 Å². The number of aldehydes is 1. The SMILES string of the molecule is CC.O=Cc1ccc2nc(C(F)(F)F)cc(N3CCCC3)c2c1. The van der Waals surface area contributed by atoms with E-state index in [4.69, 9.17) is 0 Å². The predicted molar refractivity (Wildman–Crippen MR) is 84.9 cm³/mol. The molecule has 0 atom stereocenters. The lowest BCUT2D eigenvalue weighted by molar-refractivity contribution is -0.140. The van der Waals surface area contributed by atoms with Crippen molar-refractivity contribution < 1.29 is 18.0 Å².